The van der Waals surface area contributed by atoms with E-state index in [4.69, 9.17) is 0 Å². The number of aliphatic carboxylic acids is 1. The molecule has 0 amide bonds. The number of hydrogen-bond donors (Lipinski definition) is 1. The quantitative estimate of drug-likeness (QED) is 0.872. The fraction of sp³-hybridized carbons (Fsp3) is 0.462. The first-order valence-electron chi connectivity index (χ1n) is 6.63. The van der Waals surface area contributed by atoms with Crippen LogP contribution in [0.25, 0.3) is 11.4 Å². The molecule has 0 bridgehead atoms. The van der Waals surface area contributed by atoms with Crippen LogP contribution in [0.15, 0.2) is 18.5 Å². The third-order valence-corrected chi connectivity index (χ3v) is 3.75. The Morgan fingerprint density at radius 2 is 2.10 bits per heavy atom. The SMILES string of the molecule is CCC(CC)(Cn1nnnc1-c1cncc(F)c1)C(=O)O. The molecule has 0 aliphatic heterocycles. The van der Waals surface area contributed by atoms with Crippen molar-refractivity contribution in [2.24, 2.45) is 5.41 Å². The van der Waals surface area contributed by atoms with E-state index in [0.29, 0.717) is 24.2 Å². The summed E-state index contributed by atoms with van der Waals surface area (Å²) in [6.45, 7) is 3.74. The van der Waals surface area contributed by atoms with Gasteiger partial charge in [0.05, 0.1) is 18.2 Å². The minimum atomic E-state index is -0.953. The number of carbonyl (C=O) groups is 1. The first kappa shape index (κ1) is 15.0. The van der Waals surface area contributed by atoms with Crippen LogP contribution in [-0.4, -0.2) is 36.3 Å². The predicted molar refractivity (Wildman–Crippen MR) is 71.7 cm³/mol. The summed E-state index contributed by atoms with van der Waals surface area (Å²) >= 11 is 0. The van der Waals surface area contributed by atoms with Gasteiger partial charge in [0, 0.05) is 11.8 Å². The number of carboxylic acid groups (broad SMARTS) is 1. The van der Waals surface area contributed by atoms with Crippen LogP contribution in [0.4, 0.5) is 4.39 Å². The van der Waals surface area contributed by atoms with Gasteiger partial charge in [0.25, 0.3) is 0 Å². The number of nitrogens with zero attached hydrogens (tertiary/aromatic N) is 5. The highest BCUT2D eigenvalue weighted by molar-refractivity contribution is 5.74. The molecule has 1 N–H and O–H groups in total. The molecule has 8 heteroatoms. The van der Waals surface area contributed by atoms with Crippen LogP contribution in [0, 0.1) is 11.2 Å². The number of tetrazole rings is 1. The second-order valence-corrected chi connectivity index (χ2v) is 4.84. The molecule has 2 aromatic heterocycles. The van der Waals surface area contributed by atoms with Crippen molar-refractivity contribution in [1.29, 1.82) is 0 Å². The van der Waals surface area contributed by atoms with Gasteiger partial charge in [0.2, 0.25) is 0 Å². The lowest BCUT2D eigenvalue weighted by atomic mass is 9.82. The molecule has 0 radical (unpaired) electrons. The van der Waals surface area contributed by atoms with Gasteiger partial charge in [-0.15, -0.1) is 5.10 Å². The molecule has 2 rings (SSSR count). The van der Waals surface area contributed by atoms with E-state index < -0.39 is 17.2 Å². The molecule has 0 saturated heterocycles. The van der Waals surface area contributed by atoms with Crippen LogP contribution in [-0.2, 0) is 11.3 Å². The molecule has 0 aliphatic carbocycles. The van der Waals surface area contributed by atoms with Gasteiger partial charge in [0.15, 0.2) is 5.82 Å². The fourth-order valence-corrected chi connectivity index (χ4v) is 2.18. The Morgan fingerprint density at radius 3 is 2.67 bits per heavy atom. The molecule has 2 heterocycles. The van der Waals surface area contributed by atoms with Crippen LogP contribution >= 0.6 is 0 Å². The Bertz CT molecular complexity index is 639. The number of halogens is 1. The molecule has 7 nitrogen and oxygen atoms in total. The van der Waals surface area contributed by atoms with Crippen molar-refractivity contribution < 1.29 is 14.3 Å². The number of aromatic nitrogens is 5. The lowest BCUT2D eigenvalue weighted by molar-refractivity contribution is -0.150. The Labute approximate surface area is 120 Å². The highest BCUT2D eigenvalue weighted by atomic mass is 19.1. The zero-order valence-corrected chi connectivity index (χ0v) is 11.8. The molecular formula is C13H16FN5O2. The molecule has 0 fully saturated rings. The maximum absolute atomic E-state index is 13.3. The first-order chi connectivity index (χ1) is 10.0. The molecule has 0 unspecified atom stereocenters. The van der Waals surface area contributed by atoms with E-state index in [1.807, 2.05) is 13.8 Å². The molecule has 0 saturated carbocycles. The maximum atomic E-state index is 13.3. The summed E-state index contributed by atoms with van der Waals surface area (Å²) in [5.41, 5.74) is -0.545. The molecule has 2 aromatic rings. The highest BCUT2D eigenvalue weighted by Crippen LogP contribution is 2.30. The van der Waals surface area contributed by atoms with Gasteiger partial charge in [-0.2, -0.15) is 0 Å². The number of rotatable bonds is 6. The summed E-state index contributed by atoms with van der Waals surface area (Å²) in [5.74, 6) is -1.10. The molecular weight excluding hydrogens is 277 g/mol. The average molecular weight is 293 g/mol. The van der Waals surface area contributed by atoms with E-state index in [2.05, 4.69) is 20.5 Å². The maximum Gasteiger partial charge on any atom is 0.311 e. The van der Waals surface area contributed by atoms with Crippen molar-refractivity contribution >= 4 is 5.97 Å². The minimum absolute atomic E-state index is 0.119. The number of hydrogen-bond acceptors (Lipinski definition) is 5. The van der Waals surface area contributed by atoms with E-state index in [-0.39, 0.29) is 6.54 Å². The topological polar surface area (TPSA) is 93.8 Å². The van der Waals surface area contributed by atoms with Crippen molar-refractivity contribution in [3.05, 3.63) is 24.3 Å². The second-order valence-electron chi connectivity index (χ2n) is 4.84. The van der Waals surface area contributed by atoms with E-state index >= 15 is 0 Å². The van der Waals surface area contributed by atoms with Crippen LogP contribution in [0.5, 0.6) is 0 Å². The summed E-state index contributed by atoms with van der Waals surface area (Å²) in [5, 5.41) is 20.7. The molecule has 0 spiro atoms. The lowest BCUT2D eigenvalue weighted by Crippen LogP contribution is -2.35. The Morgan fingerprint density at radius 1 is 1.38 bits per heavy atom. The standard InChI is InChI=1S/C13H16FN5O2/c1-3-13(4-2,12(20)21)8-19-11(16-17-18-19)9-5-10(14)7-15-6-9/h5-7H,3-4,8H2,1-2H3,(H,20,21). The summed E-state index contributed by atoms with van der Waals surface area (Å²) in [4.78, 5) is 15.3. The normalized spacial score (nSPS) is 11.6. The third kappa shape index (κ3) is 2.88. The van der Waals surface area contributed by atoms with Gasteiger partial charge in [-0.3, -0.25) is 9.78 Å². The molecule has 0 atom stereocenters. The van der Waals surface area contributed by atoms with Gasteiger partial charge < -0.3 is 5.11 Å². The highest BCUT2D eigenvalue weighted by Gasteiger charge is 2.36. The van der Waals surface area contributed by atoms with E-state index in [0.717, 1.165) is 6.20 Å². The van der Waals surface area contributed by atoms with Crippen molar-refractivity contribution in [1.82, 2.24) is 25.2 Å². The largest absolute Gasteiger partial charge is 0.481 e. The van der Waals surface area contributed by atoms with Crippen LogP contribution < -0.4 is 0 Å². The van der Waals surface area contributed by atoms with Gasteiger partial charge in [0.1, 0.15) is 5.82 Å². The lowest BCUT2D eigenvalue weighted by Gasteiger charge is -2.26. The number of pyridine rings is 1. The molecule has 0 aromatic carbocycles. The van der Waals surface area contributed by atoms with Gasteiger partial charge in [-0.05, 0) is 29.3 Å². The van der Waals surface area contributed by atoms with Gasteiger partial charge >= 0.3 is 5.97 Å². The van der Waals surface area contributed by atoms with Crippen molar-refractivity contribution in [2.45, 2.75) is 33.2 Å². The van der Waals surface area contributed by atoms with Crippen LogP contribution in [0.1, 0.15) is 26.7 Å². The Balaban J connectivity index is 2.39. The first-order valence-corrected chi connectivity index (χ1v) is 6.63. The van der Waals surface area contributed by atoms with Gasteiger partial charge in [-0.1, -0.05) is 13.8 Å². The molecule has 0 aliphatic rings. The zero-order chi connectivity index (χ0) is 15.5. The zero-order valence-electron chi connectivity index (χ0n) is 11.8. The predicted octanol–water partition coefficient (Wildman–Crippen LogP) is 1.77. The van der Waals surface area contributed by atoms with E-state index in [1.165, 1.54) is 16.9 Å². The molecule has 112 valence electrons. The summed E-state index contributed by atoms with van der Waals surface area (Å²) < 4.78 is 14.6. The Hall–Kier alpha value is -2.38. The van der Waals surface area contributed by atoms with Crippen molar-refractivity contribution in [3.63, 3.8) is 0 Å². The fourth-order valence-electron chi connectivity index (χ4n) is 2.18. The Kier molecular flexibility index (Phi) is 4.25. The average Bonchev–Trinajstić information content (AvgIpc) is 2.92. The number of carboxylic acids is 1. The van der Waals surface area contributed by atoms with Crippen LogP contribution in [0.2, 0.25) is 0 Å². The monoisotopic (exact) mass is 293 g/mol. The van der Waals surface area contributed by atoms with E-state index in [9.17, 15) is 14.3 Å². The summed E-state index contributed by atoms with van der Waals surface area (Å²) in [6, 6.07) is 1.26. The third-order valence-electron chi connectivity index (χ3n) is 3.75. The van der Waals surface area contributed by atoms with Crippen molar-refractivity contribution in [3.8, 4) is 11.4 Å². The summed E-state index contributed by atoms with van der Waals surface area (Å²) in [7, 11) is 0. The van der Waals surface area contributed by atoms with Crippen molar-refractivity contribution in [2.75, 3.05) is 0 Å². The van der Waals surface area contributed by atoms with Crippen LogP contribution in [0.3, 0.4) is 0 Å². The summed E-state index contributed by atoms with van der Waals surface area (Å²) in [6.07, 6.45) is 3.40. The smallest absolute Gasteiger partial charge is 0.311 e. The second kappa shape index (κ2) is 5.94. The minimum Gasteiger partial charge on any atom is -0.481 e. The van der Waals surface area contributed by atoms with E-state index in [1.54, 1.807) is 0 Å². The molecule has 21 heavy (non-hydrogen) atoms. The van der Waals surface area contributed by atoms with Gasteiger partial charge in [-0.25, -0.2) is 9.07 Å².